The number of carbonyl (C=O) groups is 2. The van der Waals surface area contributed by atoms with E-state index in [2.05, 4.69) is 21.0 Å². The molecule has 3 rings (SSSR count). The lowest BCUT2D eigenvalue weighted by molar-refractivity contribution is -0.136. The van der Waals surface area contributed by atoms with Crippen LogP contribution in [0, 0.1) is 23.7 Å². The lowest BCUT2D eigenvalue weighted by atomic mass is 9.79. The van der Waals surface area contributed by atoms with E-state index in [9.17, 15) is 9.59 Å². The topological polar surface area (TPSA) is 61.9 Å². The molecule has 0 aromatic heterocycles. The fraction of sp³-hybridized carbons (Fsp3) is 0.810. The van der Waals surface area contributed by atoms with E-state index in [1.165, 1.54) is 0 Å². The van der Waals surface area contributed by atoms with Crippen molar-refractivity contribution in [2.24, 2.45) is 11.3 Å². The van der Waals surface area contributed by atoms with Crippen LogP contribution in [-0.4, -0.2) is 66.2 Å². The molecule has 0 radical (unpaired) electrons. The molecule has 3 aliphatic rings. The van der Waals surface area contributed by atoms with Crippen molar-refractivity contribution in [3.05, 3.63) is 0 Å². The second kappa shape index (κ2) is 7.71. The van der Waals surface area contributed by atoms with Crippen LogP contribution < -0.4 is 5.32 Å². The van der Waals surface area contributed by atoms with Crippen molar-refractivity contribution in [2.45, 2.75) is 64.5 Å². The Morgan fingerprint density at radius 3 is 2.44 bits per heavy atom. The third kappa shape index (κ3) is 4.95. The first-order valence-corrected chi connectivity index (χ1v) is 10.1. The zero-order chi connectivity index (χ0) is 19.7. The molecule has 6 heteroatoms. The number of nitrogens with zero attached hydrogens (tertiary/aromatic N) is 2. The van der Waals surface area contributed by atoms with E-state index in [1.807, 2.05) is 20.8 Å². The predicted molar refractivity (Wildman–Crippen MR) is 104 cm³/mol. The normalized spacial score (nSPS) is 27.7. The molecule has 1 aliphatic carbocycles. The summed E-state index contributed by atoms with van der Waals surface area (Å²) in [5.41, 5.74) is -0.206. The Morgan fingerprint density at radius 1 is 1.19 bits per heavy atom. The number of alkyl carbamates (subject to hydrolysis) is 1. The maximum Gasteiger partial charge on any atom is 0.407 e. The summed E-state index contributed by atoms with van der Waals surface area (Å²) in [6, 6.07) is 0.109. The zero-order valence-electron chi connectivity index (χ0n) is 16.9. The van der Waals surface area contributed by atoms with Gasteiger partial charge in [0.1, 0.15) is 5.60 Å². The van der Waals surface area contributed by atoms with Gasteiger partial charge in [0, 0.05) is 43.6 Å². The second-order valence-electron chi connectivity index (χ2n) is 9.55. The summed E-state index contributed by atoms with van der Waals surface area (Å²) < 4.78 is 5.32. The van der Waals surface area contributed by atoms with Gasteiger partial charge in [-0.25, -0.2) is 4.79 Å². The van der Waals surface area contributed by atoms with Gasteiger partial charge >= 0.3 is 6.09 Å². The zero-order valence-corrected chi connectivity index (χ0v) is 16.9. The Labute approximate surface area is 163 Å². The number of amides is 2. The molecule has 1 saturated carbocycles. The maximum absolute atomic E-state index is 12.9. The summed E-state index contributed by atoms with van der Waals surface area (Å²) in [6.07, 6.45) is 9.47. The molecule has 0 bridgehead atoms. The monoisotopic (exact) mass is 375 g/mol. The van der Waals surface area contributed by atoms with Crippen molar-refractivity contribution in [1.29, 1.82) is 0 Å². The van der Waals surface area contributed by atoms with Crippen LogP contribution in [0.2, 0.25) is 0 Å². The van der Waals surface area contributed by atoms with Gasteiger partial charge in [0.05, 0.1) is 6.54 Å². The van der Waals surface area contributed by atoms with E-state index in [1.54, 1.807) is 0 Å². The number of likely N-dealkylation sites (tertiary alicyclic amines) is 2. The van der Waals surface area contributed by atoms with Crippen LogP contribution in [0.15, 0.2) is 0 Å². The third-order valence-corrected chi connectivity index (χ3v) is 5.98. The maximum atomic E-state index is 12.9. The van der Waals surface area contributed by atoms with Crippen molar-refractivity contribution in [3.63, 3.8) is 0 Å². The van der Waals surface area contributed by atoms with E-state index in [4.69, 9.17) is 11.2 Å². The van der Waals surface area contributed by atoms with Crippen molar-refractivity contribution < 1.29 is 14.3 Å². The van der Waals surface area contributed by atoms with Crippen LogP contribution in [0.1, 0.15) is 52.9 Å². The Hall–Kier alpha value is -1.74. The molecule has 0 aromatic carbocycles. The standard InChI is InChI=1S/C21H33N3O3/c1-5-11-23-13-21(14-23)10-12-24(15-21)18(25)16-6-8-17(9-7-16)22-19(26)27-20(2,3)4/h1,16-17H,6-15H2,2-4H3,(H,22,26). The Balaban J connectivity index is 1.41. The van der Waals surface area contributed by atoms with E-state index in [0.29, 0.717) is 12.5 Å². The van der Waals surface area contributed by atoms with Gasteiger partial charge in [-0.05, 0) is 52.9 Å². The van der Waals surface area contributed by atoms with Gasteiger partial charge in [-0.15, -0.1) is 6.42 Å². The average molecular weight is 376 g/mol. The third-order valence-electron chi connectivity index (χ3n) is 5.98. The quantitative estimate of drug-likeness (QED) is 0.769. The molecule has 0 unspecified atom stereocenters. The SMILES string of the molecule is C#CCN1CC2(CCN(C(=O)C3CCC(NC(=O)OC(C)(C)C)CC3)C2)C1. The van der Waals surface area contributed by atoms with Crippen LogP contribution in [-0.2, 0) is 9.53 Å². The Kier molecular flexibility index (Phi) is 5.71. The number of nitrogens with one attached hydrogen (secondary N) is 1. The summed E-state index contributed by atoms with van der Waals surface area (Å²) in [5.74, 6) is 3.10. The van der Waals surface area contributed by atoms with Crippen LogP contribution in [0.5, 0.6) is 0 Å². The average Bonchev–Trinajstić information content (AvgIpc) is 2.98. The first-order chi connectivity index (χ1) is 12.7. The molecule has 6 nitrogen and oxygen atoms in total. The smallest absolute Gasteiger partial charge is 0.407 e. The highest BCUT2D eigenvalue weighted by atomic mass is 16.6. The summed E-state index contributed by atoms with van der Waals surface area (Å²) >= 11 is 0. The van der Waals surface area contributed by atoms with Gasteiger partial charge in [0.2, 0.25) is 5.91 Å². The van der Waals surface area contributed by atoms with Gasteiger partial charge in [-0.1, -0.05) is 5.92 Å². The van der Waals surface area contributed by atoms with Crippen LogP contribution in [0.4, 0.5) is 4.79 Å². The minimum atomic E-state index is -0.486. The van der Waals surface area contributed by atoms with Gasteiger partial charge in [0.25, 0.3) is 0 Å². The number of rotatable bonds is 3. The Morgan fingerprint density at radius 2 is 1.85 bits per heavy atom. The molecule has 2 amide bonds. The number of terminal acetylenes is 1. The largest absolute Gasteiger partial charge is 0.444 e. The minimum absolute atomic E-state index is 0.0960. The fourth-order valence-corrected chi connectivity index (χ4v) is 4.74. The van der Waals surface area contributed by atoms with E-state index < -0.39 is 5.60 Å². The second-order valence-corrected chi connectivity index (χ2v) is 9.55. The molecule has 2 aliphatic heterocycles. The molecule has 1 spiro atoms. The van der Waals surface area contributed by atoms with Crippen molar-refractivity contribution in [2.75, 3.05) is 32.7 Å². The van der Waals surface area contributed by atoms with Crippen LogP contribution >= 0.6 is 0 Å². The van der Waals surface area contributed by atoms with E-state index in [0.717, 1.165) is 58.3 Å². The van der Waals surface area contributed by atoms with Crippen molar-refractivity contribution in [1.82, 2.24) is 15.1 Å². The molecule has 2 heterocycles. The van der Waals surface area contributed by atoms with E-state index >= 15 is 0 Å². The number of hydrogen-bond donors (Lipinski definition) is 1. The minimum Gasteiger partial charge on any atom is -0.444 e. The number of carbonyl (C=O) groups excluding carboxylic acids is 2. The molecule has 0 aromatic rings. The molecule has 1 N–H and O–H groups in total. The summed E-state index contributed by atoms with van der Waals surface area (Å²) in [6.45, 7) is 10.1. The van der Waals surface area contributed by atoms with Gasteiger partial charge in [-0.2, -0.15) is 0 Å². The van der Waals surface area contributed by atoms with Crippen molar-refractivity contribution >= 4 is 12.0 Å². The van der Waals surface area contributed by atoms with Gasteiger partial charge in [-0.3, -0.25) is 9.69 Å². The lowest BCUT2D eigenvalue weighted by Crippen LogP contribution is -2.57. The highest BCUT2D eigenvalue weighted by molar-refractivity contribution is 5.79. The molecular weight excluding hydrogens is 342 g/mol. The highest BCUT2D eigenvalue weighted by Gasteiger charge is 2.49. The number of ether oxygens (including phenoxy) is 1. The molecular formula is C21H33N3O3. The highest BCUT2D eigenvalue weighted by Crippen LogP contribution is 2.40. The molecule has 150 valence electrons. The molecule has 2 saturated heterocycles. The fourth-order valence-electron chi connectivity index (χ4n) is 4.74. The van der Waals surface area contributed by atoms with E-state index in [-0.39, 0.29) is 23.5 Å². The summed E-state index contributed by atoms with van der Waals surface area (Å²) in [7, 11) is 0. The molecule has 27 heavy (non-hydrogen) atoms. The summed E-state index contributed by atoms with van der Waals surface area (Å²) in [5, 5.41) is 2.94. The Bertz CT molecular complexity index is 605. The molecule has 0 atom stereocenters. The van der Waals surface area contributed by atoms with Crippen LogP contribution in [0.25, 0.3) is 0 Å². The predicted octanol–water partition coefficient (Wildman–Crippen LogP) is 2.24. The van der Waals surface area contributed by atoms with Gasteiger partial charge < -0.3 is 15.0 Å². The van der Waals surface area contributed by atoms with Gasteiger partial charge in [0.15, 0.2) is 0 Å². The first-order valence-electron chi connectivity index (χ1n) is 10.1. The molecule has 3 fully saturated rings. The lowest BCUT2D eigenvalue weighted by Gasteiger charge is -2.47. The summed E-state index contributed by atoms with van der Waals surface area (Å²) in [4.78, 5) is 29.2. The number of hydrogen-bond acceptors (Lipinski definition) is 4. The first kappa shape index (κ1) is 20.0. The van der Waals surface area contributed by atoms with Crippen LogP contribution in [0.3, 0.4) is 0 Å². The van der Waals surface area contributed by atoms with Crippen molar-refractivity contribution in [3.8, 4) is 12.3 Å².